The number of nitrogens with zero attached hydrogens (tertiary/aromatic N) is 3. The molecular formula is C12H9N3O5. The summed E-state index contributed by atoms with van der Waals surface area (Å²) in [5.41, 5.74) is -0.00839. The van der Waals surface area contributed by atoms with Crippen molar-refractivity contribution in [3.05, 3.63) is 52.0 Å². The molecule has 20 heavy (non-hydrogen) atoms. The largest absolute Gasteiger partial charge is 0.476 e. The fourth-order valence-electron chi connectivity index (χ4n) is 1.49. The van der Waals surface area contributed by atoms with Gasteiger partial charge in [0.1, 0.15) is 6.20 Å². The minimum absolute atomic E-state index is 0.0180. The molecule has 1 N–H and O–H groups in total. The molecular weight excluding hydrogens is 266 g/mol. The summed E-state index contributed by atoms with van der Waals surface area (Å²) in [6.07, 6.45) is 2.37. The van der Waals surface area contributed by atoms with Crippen LogP contribution in [0.2, 0.25) is 0 Å². The highest BCUT2D eigenvalue weighted by Gasteiger charge is 2.16. The Morgan fingerprint density at radius 2 is 2.20 bits per heavy atom. The van der Waals surface area contributed by atoms with E-state index in [-0.39, 0.29) is 23.0 Å². The number of aryl methyl sites for hydroxylation is 1. The maximum Gasteiger partial charge on any atom is 0.358 e. The Bertz CT molecular complexity index is 687. The van der Waals surface area contributed by atoms with Gasteiger partial charge >= 0.3 is 5.97 Å². The zero-order valence-electron chi connectivity index (χ0n) is 10.3. The van der Waals surface area contributed by atoms with E-state index in [1.165, 1.54) is 24.4 Å². The fourth-order valence-corrected chi connectivity index (χ4v) is 1.49. The van der Waals surface area contributed by atoms with Crippen LogP contribution in [0.3, 0.4) is 0 Å². The van der Waals surface area contributed by atoms with Gasteiger partial charge in [-0.05, 0) is 19.1 Å². The van der Waals surface area contributed by atoms with E-state index in [0.29, 0.717) is 5.56 Å². The molecule has 0 bridgehead atoms. The maximum absolute atomic E-state index is 11.0. The molecule has 0 atom stereocenters. The number of nitro groups is 1. The van der Waals surface area contributed by atoms with Crippen LogP contribution in [0.5, 0.6) is 11.6 Å². The predicted octanol–water partition coefficient (Wildman–Crippen LogP) is 2.18. The molecule has 0 fully saturated rings. The summed E-state index contributed by atoms with van der Waals surface area (Å²) < 4.78 is 5.36. The summed E-state index contributed by atoms with van der Waals surface area (Å²) in [6.45, 7) is 1.58. The van der Waals surface area contributed by atoms with Crippen molar-refractivity contribution in [2.45, 2.75) is 6.92 Å². The highest BCUT2D eigenvalue weighted by molar-refractivity contribution is 5.88. The van der Waals surface area contributed by atoms with Gasteiger partial charge in [-0.25, -0.2) is 14.8 Å². The van der Waals surface area contributed by atoms with Crippen molar-refractivity contribution in [3.63, 3.8) is 0 Å². The molecule has 8 nitrogen and oxygen atoms in total. The number of aromatic carboxylic acids is 1. The quantitative estimate of drug-likeness (QED) is 0.671. The van der Waals surface area contributed by atoms with Crippen LogP contribution in [0.1, 0.15) is 16.1 Å². The van der Waals surface area contributed by atoms with Gasteiger partial charge in [0.2, 0.25) is 5.88 Å². The summed E-state index contributed by atoms with van der Waals surface area (Å²) in [5.74, 6) is -1.13. The van der Waals surface area contributed by atoms with E-state index in [9.17, 15) is 14.9 Å². The van der Waals surface area contributed by atoms with Crippen molar-refractivity contribution in [1.82, 2.24) is 9.97 Å². The number of carboxylic acids is 1. The molecule has 0 aliphatic carbocycles. The molecule has 2 aromatic heterocycles. The van der Waals surface area contributed by atoms with E-state index >= 15 is 0 Å². The molecule has 0 unspecified atom stereocenters. The monoisotopic (exact) mass is 275 g/mol. The molecule has 0 amide bonds. The van der Waals surface area contributed by atoms with Gasteiger partial charge in [-0.15, -0.1) is 0 Å². The first-order valence-corrected chi connectivity index (χ1v) is 5.46. The zero-order valence-corrected chi connectivity index (χ0v) is 10.3. The number of ether oxygens (including phenoxy) is 1. The van der Waals surface area contributed by atoms with Crippen LogP contribution in [0, 0.1) is 17.0 Å². The van der Waals surface area contributed by atoms with Gasteiger partial charge in [-0.3, -0.25) is 10.1 Å². The molecule has 0 saturated carbocycles. The lowest BCUT2D eigenvalue weighted by Gasteiger charge is -2.08. The van der Waals surface area contributed by atoms with Gasteiger partial charge < -0.3 is 9.84 Å². The molecule has 2 heterocycles. The number of carboxylic acid groups (broad SMARTS) is 1. The number of carbonyl (C=O) groups is 1. The minimum Gasteiger partial charge on any atom is -0.476 e. The van der Waals surface area contributed by atoms with Crippen molar-refractivity contribution >= 4 is 11.7 Å². The van der Waals surface area contributed by atoms with Gasteiger partial charge in [0.05, 0.1) is 4.92 Å². The smallest absolute Gasteiger partial charge is 0.358 e. The molecule has 0 aromatic carbocycles. The van der Waals surface area contributed by atoms with Crippen LogP contribution in [-0.4, -0.2) is 26.0 Å². The second-order valence-electron chi connectivity index (χ2n) is 3.83. The Balaban J connectivity index is 2.36. The standard InChI is InChI=1S/C12H9N3O5/c1-7-5-8(15(18)19)6-14-11(7)20-9-3-2-4-13-10(9)12(16)17/h2-6H,1H3,(H,16,17). The van der Waals surface area contributed by atoms with Crippen molar-refractivity contribution in [1.29, 1.82) is 0 Å². The minimum atomic E-state index is -1.24. The van der Waals surface area contributed by atoms with Crippen molar-refractivity contribution in [3.8, 4) is 11.6 Å². The molecule has 0 aliphatic rings. The van der Waals surface area contributed by atoms with E-state index < -0.39 is 10.9 Å². The Morgan fingerprint density at radius 3 is 2.80 bits per heavy atom. The highest BCUT2D eigenvalue weighted by Crippen LogP contribution is 2.26. The van der Waals surface area contributed by atoms with Gasteiger partial charge in [0.25, 0.3) is 5.69 Å². The molecule has 0 aliphatic heterocycles. The average molecular weight is 275 g/mol. The molecule has 0 radical (unpaired) electrons. The third-order valence-corrected chi connectivity index (χ3v) is 2.41. The van der Waals surface area contributed by atoms with Gasteiger partial charge in [-0.2, -0.15) is 0 Å². The number of hydrogen-bond donors (Lipinski definition) is 1. The van der Waals surface area contributed by atoms with Crippen LogP contribution in [0.4, 0.5) is 5.69 Å². The zero-order chi connectivity index (χ0) is 14.7. The van der Waals surface area contributed by atoms with Crippen LogP contribution in [0.15, 0.2) is 30.6 Å². The first-order chi connectivity index (χ1) is 9.49. The highest BCUT2D eigenvalue weighted by atomic mass is 16.6. The van der Waals surface area contributed by atoms with E-state index in [2.05, 4.69) is 9.97 Å². The Hall–Kier alpha value is -3.03. The van der Waals surface area contributed by atoms with Crippen LogP contribution < -0.4 is 4.74 Å². The number of pyridine rings is 2. The Kier molecular flexibility index (Phi) is 3.56. The Morgan fingerprint density at radius 1 is 1.45 bits per heavy atom. The molecule has 2 aromatic rings. The first kappa shape index (κ1) is 13.4. The maximum atomic E-state index is 11.0. The van der Waals surface area contributed by atoms with Crippen molar-refractivity contribution in [2.24, 2.45) is 0 Å². The predicted molar refractivity (Wildman–Crippen MR) is 66.9 cm³/mol. The van der Waals surface area contributed by atoms with Gasteiger partial charge in [-0.1, -0.05) is 0 Å². The van der Waals surface area contributed by atoms with Crippen molar-refractivity contribution < 1.29 is 19.6 Å². The van der Waals surface area contributed by atoms with E-state index in [4.69, 9.17) is 9.84 Å². The number of aromatic nitrogens is 2. The summed E-state index contributed by atoms with van der Waals surface area (Å²) in [5, 5.41) is 19.6. The molecule has 0 spiro atoms. The average Bonchev–Trinajstić information content (AvgIpc) is 2.41. The lowest BCUT2D eigenvalue weighted by molar-refractivity contribution is -0.385. The molecule has 8 heteroatoms. The second kappa shape index (κ2) is 5.31. The molecule has 2 rings (SSSR count). The second-order valence-corrected chi connectivity index (χ2v) is 3.83. The number of rotatable bonds is 4. The third-order valence-electron chi connectivity index (χ3n) is 2.41. The summed E-state index contributed by atoms with van der Waals surface area (Å²) in [7, 11) is 0. The van der Waals surface area contributed by atoms with Crippen LogP contribution in [-0.2, 0) is 0 Å². The fraction of sp³-hybridized carbons (Fsp3) is 0.0833. The Labute approximate surface area is 112 Å². The van der Waals surface area contributed by atoms with Crippen LogP contribution in [0.25, 0.3) is 0 Å². The third kappa shape index (κ3) is 2.69. The summed E-state index contributed by atoms with van der Waals surface area (Å²) >= 11 is 0. The van der Waals surface area contributed by atoms with Crippen LogP contribution >= 0.6 is 0 Å². The SMILES string of the molecule is Cc1cc([N+](=O)[O-])cnc1Oc1cccnc1C(=O)O. The number of hydrogen-bond acceptors (Lipinski definition) is 6. The first-order valence-electron chi connectivity index (χ1n) is 5.46. The summed E-state index contributed by atoms with van der Waals surface area (Å²) in [6, 6.07) is 4.24. The van der Waals surface area contributed by atoms with E-state index in [1.54, 1.807) is 6.92 Å². The van der Waals surface area contributed by atoms with E-state index in [0.717, 1.165) is 6.20 Å². The molecule has 102 valence electrons. The lowest BCUT2D eigenvalue weighted by atomic mass is 10.3. The normalized spacial score (nSPS) is 10.1. The topological polar surface area (TPSA) is 115 Å². The van der Waals surface area contributed by atoms with Crippen molar-refractivity contribution in [2.75, 3.05) is 0 Å². The molecule has 0 saturated heterocycles. The summed E-state index contributed by atoms with van der Waals surface area (Å²) in [4.78, 5) is 28.5. The van der Waals surface area contributed by atoms with Gasteiger partial charge in [0.15, 0.2) is 11.4 Å². The van der Waals surface area contributed by atoms with E-state index in [1.807, 2.05) is 0 Å². The lowest BCUT2D eigenvalue weighted by Crippen LogP contribution is -2.04. The van der Waals surface area contributed by atoms with Gasteiger partial charge in [0, 0.05) is 17.8 Å².